The Labute approximate surface area is 204 Å². The Balaban J connectivity index is 1.24. The Bertz CT molecular complexity index is 1240. The number of carbonyl (C=O) groups is 2. The fraction of sp³-hybridized carbons (Fsp3) is 0.296. The minimum absolute atomic E-state index is 0.0346. The van der Waals surface area contributed by atoms with Crippen molar-refractivity contribution in [2.45, 2.75) is 6.42 Å². The van der Waals surface area contributed by atoms with Crippen LogP contribution >= 0.6 is 0 Å². The van der Waals surface area contributed by atoms with Crippen LogP contribution in [0.4, 0.5) is 0 Å². The van der Waals surface area contributed by atoms with Gasteiger partial charge in [0.2, 0.25) is 5.91 Å². The van der Waals surface area contributed by atoms with Gasteiger partial charge < -0.3 is 20.4 Å². The first-order chi connectivity index (χ1) is 17.2. The number of H-pyrrole nitrogens is 1. The lowest BCUT2D eigenvalue weighted by atomic mass is 10.0. The van der Waals surface area contributed by atoms with Gasteiger partial charge in [0.05, 0.1) is 24.5 Å². The summed E-state index contributed by atoms with van der Waals surface area (Å²) in [6.07, 6.45) is 5.95. The van der Waals surface area contributed by atoms with Gasteiger partial charge in [-0.25, -0.2) is 0 Å². The molecule has 0 saturated carbocycles. The molecule has 4 heterocycles. The van der Waals surface area contributed by atoms with E-state index in [4.69, 9.17) is 4.74 Å². The Hall–Kier alpha value is -3.75. The monoisotopic (exact) mass is 471 g/mol. The zero-order chi connectivity index (χ0) is 24.0. The highest BCUT2D eigenvalue weighted by molar-refractivity contribution is 5.98. The lowest BCUT2D eigenvalue weighted by Gasteiger charge is -2.26. The smallest absolute Gasteiger partial charge is 0.253 e. The molecule has 1 saturated heterocycles. The number of fused-ring (bicyclic) bond motifs is 1. The van der Waals surface area contributed by atoms with Gasteiger partial charge in [-0.2, -0.15) is 0 Å². The zero-order valence-corrected chi connectivity index (χ0v) is 19.5. The van der Waals surface area contributed by atoms with Crippen molar-refractivity contribution in [3.05, 3.63) is 71.6 Å². The molecule has 0 bridgehead atoms. The quantitative estimate of drug-likeness (QED) is 0.460. The van der Waals surface area contributed by atoms with Crippen molar-refractivity contribution in [2.24, 2.45) is 0 Å². The van der Waals surface area contributed by atoms with Gasteiger partial charge in [0, 0.05) is 73.9 Å². The third-order valence-corrected chi connectivity index (χ3v) is 6.32. The Morgan fingerprint density at radius 2 is 2.03 bits per heavy atom. The number of aromatic nitrogens is 2. The molecule has 8 nitrogen and oxygen atoms in total. The zero-order valence-electron chi connectivity index (χ0n) is 19.5. The maximum atomic E-state index is 12.2. The van der Waals surface area contributed by atoms with Crippen molar-refractivity contribution >= 4 is 17.9 Å². The molecule has 35 heavy (non-hydrogen) atoms. The van der Waals surface area contributed by atoms with E-state index in [-0.39, 0.29) is 11.8 Å². The second-order valence-corrected chi connectivity index (χ2v) is 8.71. The lowest BCUT2D eigenvalue weighted by molar-refractivity contribution is -0.116. The summed E-state index contributed by atoms with van der Waals surface area (Å²) in [5.41, 5.74) is 6.25. The van der Waals surface area contributed by atoms with E-state index in [0.29, 0.717) is 18.7 Å². The van der Waals surface area contributed by atoms with Gasteiger partial charge in [-0.3, -0.25) is 19.5 Å². The molecule has 1 aromatic carbocycles. The van der Waals surface area contributed by atoms with Crippen LogP contribution in [-0.2, 0) is 16.0 Å². The molecule has 3 N–H and O–H groups in total. The van der Waals surface area contributed by atoms with E-state index in [2.05, 4.69) is 25.5 Å². The molecular formula is C27H29N5O3. The van der Waals surface area contributed by atoms with Crippen LogP contribution in [0.1, 0.15) is 21.6 Å². The molecule has 0 aliphatic carbocycles. The van der Waals surface area contributed by atoms with Gasteiger partial charge in [0.1, 0.15) is 0 Å². The van der Waals surface area contributed by atoms with E-state index in [1.54, 1.807) is 12.3 Å². The predicted molar refractivity (Wildman–Crippen MR) is 135 cm³/mol. The summed E-state index contributed by atoms with van der Waals surface area (Å²) in [5.74, 6) is -0.142. The molecule has 2 aliphatic rings. The molecule has 5 rings (SSSR count). The Kier molecular flexibility index (Phi) is 7.02. The molecule has 0 unspecified atom stereocenters. The number of nitrogens with zero attached hydrogens (tertiary/aromatic N) is 2. The number of nitrogens with one attached hydrogen (secondary N) is 3. The first-order valence-corrected chi connectivity index (χ1v) is 12.0. The molecule has 2 aromatic heterocycles. The molecule has 8 heteroatoms. The van der Waals surface area contributed by atoms with Crippen LogP contribution < -0.4 is 10.6 Å². The van der Waals surface area contributed by atoms with E-state index < -0.39 is 0 Å². The summed E-state index contributed by atoms with van der Waals surface area (Å²) >= 11 is 0. The number of pyridine rings is 1. The summed E-state index contributed by atoms with van der Waals surface area (Å²) < 4.78 is 5.35. The second-order valence-electron chi connectivity index (χ2n) is 8.71. The van der Waals surface area contributed by atoms with Crippen LogP contribution in [0.3, 0.4) is 0 Å². The number of benzene rings is 1. The standard InChI is InChI=1S/C27H29N5O3/c33-26(29-10-11-32-12-14-35-15-13-32)5-4-19-2-1-3-20(16-19)24-17-21(6-8-28-24)25-18-22-23(31-25)7-9-30-27(22)34/h1-6,8,16-18,31H,7,9-15H2,(H,29,33)(H,30,34). The molecule has 0 spiro atoms. The molecule has 0 radical (unpaired) electrons. The Morgan fingerprint density at radius 3 is 2.89 bits per heavy atom. The average Bonchev–Trinajstić information content (AvgIpc) is 3.34. The molecule has 0 atom stereocenters. The summed E-state index contributed by atoms with van der Waals surface area (Å²) in [7, 11) is 0. The average molecular weight is 472 g/mol. The van der Waals surface area contributed by atoms with Crippen LogP contribution in [0.5, 0.6) is 0 Å². The number of aromatic amines is 1. The third kappa shape index (κ3) is 5.67. The van der Waals surface area contributed by atoms with Gasteiger partial charge in [-0.05, 0) is 35.9 Å². The van der Waals surface area contributed by atoms with Crippen LogP contribution in [0.25, 0.3) is 28.6 Å². The summed E-state index contributed by atoms with van der Waals surface area (Å²) in [6.45, 7) is 5.43. The van der Waals surface area contributed by atoms with Gasteiger partial charge in [0.15, 0.2) is 0 Å². The van der Waals surface area contributed by atoms with Crippen LogP contribution in [0.15, 0.2) is 54.7 Å². The van der Waals surface area contributed by atoms with Crippen molar-refractivity contribution in [3.63, 3.8) is 0 Å². The maximum absolute atomic E-state index is 12.2. The maximum Gasteiger partial charge on any atom is 0.253 e. The number of hydrogen-bond acceptors (Lipinski definition) is 5. The van der Waals surface area contributed by atoms with Crippen molar-refractivity contribution in [1.29, 1.82) is 0 Å². The molecule has 3 aromatic rings. The van der Waals surface area contributed by atoms with Crippen molar-refractivity contribution in [3.8, 4) is 22.5 Å². The van der Waals surface area contributed by atoms with Gasteiger partial charge in [0.25, 0.3) is 5.91 Å². The van der Waals surface area contributed by atoms with Crippen LogP contribution in [-0.4, -0.2) is 72.6 Å². The topological polar surface area (TPSA) is 99.3 Å². The van der Waals surface area contributed by atoms with Crippen molar-refractivity contribution in [1.82, 2.24) is 25.5 Å². The van der Waals surface area contributed by atoms with E-state index in [1.165, 1.54) is 0 Å². The summed E-state index contributed by atoms with van der Waals surface area (Å²) in [6, 6.07) is 13.8. The first-order valence-electron chi connectivity index (χ1n) is 12.0. The lowest BCUT2D eigenvalue weighted by Crippen LogP contribution is -2.41. The predicted octanol–water partition coefficient (Wildman–Crippen LogP) is 2.49. The van der Waals surface area contributed by atoms with E-state index in [1.807, 2.05) is 48.5 Å². The van der Waals surface area contributed by atoms with E-state index in [0.717, 1.165) is 73.0 Å². The SMILES string of the molecule is O=C(C=Cc1cccc(-c2cc(-c3cc4c([nH]3)CCNC4=O)ccn2)c1)NCCN1CCOCC1. The van der Waals surface area contributed by atoms with E-state index >= 15 is 0 Å². The largest absolute Gasteiger partial charge is 0.379 e. The Morgan fingerprint density at radius 1 is 1.14 bits per heavy atom. The minimum atomic E-state index is -0.108. The number of hydrogen-bond donors (Lipinski definition) is 3. The van der Waals surface area contributed by atoms with Crippen LogP contribution in [0, 0.1) is 0 Å². The molecule has 2 aliphatic heterocycles. The molecule has 180 valence electrons. The van der Waals surface area contributed by atoms with Gasteiger partial charge in [-0.1, -0.05) is 18.2 Å². The number of ether oxygens (including phenoxy) is 1. The van der Waals surface area contributed by atoms with Gasteiger partial charge in [-0.15, -0.1) is 0 Å². The third-order valence-electron chi connectivity index (χ3n) is 6.32. The van der Waals surface area contributed by atoms with Crippen molar-refractivity contribution < 1.29 is 14.3 Å². The summed E-state index contributed by atoms with van der Waals surface area (Å²) in [5, 5.41) is 5.82. The fourth-order valence-electron chi connectivity index (χ4n) is 4.40. The first kappa shape index (κ1) is 23.0. The molecule has 1 fully saturated rings. The number of amides is 2. The van der Waals surface area contributed by atoms with Crippen LogP contribution in [0.2, 0.25) is 0 Å². The molecule has 2 amide bonds. The highest BCUT2D eigenvalue weighted by Gasteiger charge is 2.20. The number of rotatable bonds is 7. The minimum Gasteiger partial charge on any atom is -0.379 e. The highest BCUT2D eigenvalue weighted by Crippen LogP contribution is 2.27. The fourth-order valence-corrected chi connectivity index (χ4v) is 4.40. The van der Waals surface area contributed by atoms with E-state index in [9.17, 15) is 9.59 Å². The summed E-state index contributed by atoms with van der Waals surface area (Å²) in [4.78, 5) is 34.6. The second kappa shape index (κ2) is 10.7. The number of morpholine rings is 1. The molecular weight excluding hydrogens is 442 g/mol. The van der Waals surface area contributed by atoms with Crippen molar-refractivity contribution in [2.75, 3.05) is 45.9 Å². The highest BCUT2D eigenvalue weighted by atomic mass is 16.5. The normalized spacial score (nSPS) is 16.2. The number of carbonyl (C=O) groups excluding carboxylic acids is 2. The van der Waals surface area contributed by atoms with Gasteiger partial charge >= 0.3 is 0 Å².